The monoisotopic (exact) mass is 568 g/mol. The number of urea groups is 1. The zero-order valence-electron chi connectivity index (χ0n) is 24.1. The smallest absolute Gasteiger partial charge is 0.331 e. The number of imide groups is 1. The number of anilines is 3. The minimum Gasteiger partial charge on any atom is -0.362 e. The van der Waals surface area contributed by atoms with Crippen molar-refractivity contribution >= 4 is 40.8 Å². The predicted octanol–water partition coefficient (Wildman–Crippen LogP) is 3.41. The second kappa shape index (κ2) is 10.5. The summed E-state index contributed by atoms with van der Waals surface area (Å²) in [7, 11) is 1.48. The summed E-state index contributed by atoms with van der Waals surface area (Å²) in [6.07, 6.45) is 7.05. The first kappa shape index (κ1) is 27.2. The van der Waals surface area contributed by atoms with Gasteiger partial charge in [0.05, 0.1) is 17.4 Å². The summed E-state index contributed by atoms with van der Waals surface area (Å²) < 4.78 is 1.89. The van der Waals surface area contributed by atoms with Gasteiger partial charge in [0.25, 0.3) is 0 Å². The van der Waals surface area contributed by atoms with Gasteiger partial charge in [-0.15, -0.1) is 0 Å². The van der Waals surface area contributed by atoms with Gasteiger partial charge in [0.15, 0.2) is 5.65 Å². The molecule has 4 aromatic rings. The molecule has 5 heterocycles. The van der Waals surface area contributed by atoms with E-state index in [0.29, 0.717) is 41.0 Å². The molecule has 0 aromatic carbocycles. The third kappa shape index (κ3) is 5.13. The Morgan fingerprint density at radius 3 is 2.60 bits per heavy atom. The molecule has 2 aliphatic rings. The summed E-state index contributed by atoms with van der Waals surface area (Å²) in [4.78, 5) is 63.0. The van der Waals surface area contributed by atoms with Crippen molar-refractivity contribution in [2.45, 2.75) is 52.5 Å². The number of carbonyl (C=O) groups excluding carboxylic acids is 3. The van der Waals surface area contributed by atoms with E-state index in [1.165, 1.54) is 11.9 Å². The molecule has 1 aliphatic carbocycles. The largest absolute Gasteiger partial charge is 0.362 e. The first-order chi connectivity index (χ1) is 20.1. The number of rotatable bonds is 8. The highest BCUT2D eigenvalue weighted by Gasteiger charge is 2.46. The first-order valence-corrected chi connectivity index (χ1v) is 13.9. The number of hydrogen-bond acceptors (Lipinski definition) is 9. The number of fused-ring (bicyclic) bond motifs is 1. The van der Waals surface area contributed by atoms with Crippen molar-refractivity contribution in [1.82, 2.24) is 34.2 Å². The van der Waals surface area contributed by atoms with Crippen LogP contribution < -0.4 is 15.5 Å². The molecule has 0 radical (unpaired) electrons. The molecule has 2 N–H and O–H groups in total. The highest BCUT2D eigenvalue weighted by Crippen LogP contribution is 2.46. The minimum atomic E-state index is -0.374. The molecule has 2 fully saturated rings. The first-order valence-electron chi connectivity index (χ1n) is 13.9. The van der Waals surface area contributed by atoms with Crippen LogP contribution in [0.5, 0.6) is 0 Å². The summed E-state index contributed by atoms with van der Waals surface area (Å²) >= 11 is 0. The number of pyridine rings is 1. The van der Waals surface area contributed by atoms with Crippen LogP contribution in [0.1, 0.15) is 60.8 Å². The van der Waals surface area contributed by atoms with Crippen molar-refractivity contribution in [3.63, 3.8) is 0 Å². The molecule has 1 saturated heterocycles. The predicted molar refractivity (Wildman–Crippen MR) is 155 cm³/mol. The molecule has 4 aromatic heterocycles. The summed E-state index contributed by atoms with van der Waals surface area (Å²) in [6, 6.07) is 4.80. The maximum absolute atomic E-state index is 13.0. The number of nitrogens with one attached hydrogen (secondary N) is 2. The average molecular weight is 569 g/mol. The molecule has 1 aliphatic heterocycles. The van der Waals surface area contributed by atoms with Crippen LogP contribution in [-0.4, -0.2) is 65.7 Å². The van der Waals surface area contributed by atoms with Crippen molar-refractivity contribution in [2.24, 2.45) is 5.92 Å². The number of aryl methyl sites for hydroxylation is 3. The fourth-order valence-electron chi connectivity index (χ4n) is 5.18. The molecular formula is C29H32N10O3. The lowest BCUT2D eigenvalue weighted by Crippen LogP contribution is -2.30. The Morgan fingerprint density at radius 2 is 1.88 bits per heavy atom. The molecule has 0 spiro atoms. The number of hydrogen-bond donors (Lipinski definition) is 2. The fourth-order valence-corrected chi connectivity index (χ4v) is 5.18. The number of imidazole rings is 1. The Morgan fingerprint density at radius 1 is 1.10 bits per heavy atom. The molecule has 216 valence electrons. The number of carbonyl (C=O) groups is 3. The van der Waals surface area contributed by atoms with E-state index in [1.807, 2.05) is 49.7 Å². The van der Waals surface area contributed by atoms with Gasteiger partial charge >= 0.3 is 6.03 Å². The molecule has 3 atom stereocenters. The highest BCUT2D eigenvalue weighted by atomic mass is 16.2. The average Bonchev–Trinajstić information content (AvgIpc) is 3.58. The van der Waals surface area contributed by atoms with Crippen molar-refractivity contribution in [2.75, 3.05) is 29.1 Å². The van der Waals surface area contributed by atoms with Crippen LogP contribution in [0, 0.1) is 19.8 Å². The lowest BCUT2D eigenvalue weighted by atomic mass is 10.2. The number of amides is 4. The summed E-state index contributed by atoms with van der Waals surface area (Å²) in [5, 5.41) is 6.28. The molecule has 6 rings (SSSR count). The summed E-state index contributed by atoms with van der Waals surface area (Å²) in [5.74, 6) is 1.56. The molecule has 0 unspecified atom stereocenters. The van der Waals surface area contributed by atoms with Crippen LogP contribution in [0.3, 0.4) is 0 Å². The number of nitrogens with zero attached hydrogens (tertiary/aromatic N) is 8. The maximum Gasteiger partial charge on any atom is 0.331 e. The van der Waals surface area contributed by atoms with Gasteiger partial charge in [-0.25, -0.2) is 29.7 Å². The number of likely N-dealkylation sites (N-methyl/N-ethyl adjacent to an activating group) is 1. The Bertz CT molecular complexity index is 1730. The van der Waals surface area contributed by atoms with Gasteiger partial charge in [-0.2, -0.15) is 0 Å². The highest BCUT2D eigenvalue weighted by molar-refractivity contribution is 6.13. The Balaban J connectivity index is 1.20. The van der Waals surface area contributed by atoms with E-state index >= 15 is 0 Å². The molecule has 4 amide bonds. The summed E-state index contributed by atoms with van der Waals surface area (Å²) in [6.45, 7) is 7.63. The lowest BCUT2D eigenvalue weighted by molar-refractivity contribution is -0.124. The Kier molecular flexibility index (Phi) is 6.79. The van der Waals surface area contributed by atoms with Crippen LogP contribution in [0.15, 0.2) is 36.8 Å². The number of aromatic nitrogens is 6. The fraction of sp³-hybridized carbons (Fsp3) is 0.379. The zero-order valence-corrected chi connectivity index (χ0v) is 24.1. The van der Waals surface area contributed by atoms with Crippen LogP contribution in [0.2, 0.25) is 0 Å². The van der Waals surface area contributed by atoms with E-state index in [2.05, 4.69) is 30.6 Å². The normalized spacial score (nSPS) is 19.0. The Labute approximate surface area is 242 Å². The molecule has 13 nitrogen and oxygen atoms in total. The minimum absolute atomic E-state index is 0.00740. The van der Waals surface area contributed by atoms with Gasteiger partial charge in [0, 0.05) is 49.2 Å². The summed E-state index contributed by atoms with van der Waals surface area (Å²) in [5.41, 5.74) is 3.78. The third-order valence-electron chi connectivity index (χ3n) is 7.66. The molecule has 1 saturated carbocycles. The second-order valence-electron chi connectivity index (χ2n) is 10.9. The Hall–Kier alpha value is -4.94. The SMILES string of the molecule is CCc1cc(N2CC(=O)N(C)C2=O)c2nc([C@@H](C)Nc3cc(NC(=O)[C@H]4C[C@@H]4c4nccc(C)n4)nc(C)n3)cn2c1. The van der Waals surface area contributed by atoms with E-state index in [0.717, 1.165) is 28.3 Å². The van der Waals surface area contributed by atoms with E-state index in [9.17, 15) is 14.4 Å². The molecular weight excluding hydrogens is 536 g/mol. The van der Waals surface area contributed by atoms with Crippen molar-refractivity contribution in [1.29, 1.82) is 0 Å². The van der Waals surface area contributed by atoms with Crippen molar-refractivity contribution < 1.29 is 14.4 Å². The standard InChI is InChI=1S/C29H32N10O3/c1-6-18-9-22(39-14-25(40)37(5)29(39)42)27-35-21(13-38(27)12-18)16(3)32-23-11-24(34-17(4)33-23)36-28(41)20-10-19(20)26-30-8-7-15(2)31-26/h7-9,11-13,16,19-20H,6,10,14H2,1-5H3,(H2,32,33,34,36,41)/t16-,19+,20+/m1/s1. The topological polar surface area (TPSA) is 151 Å². The van der Waals surface area contributed by atoms with Crippen molar-refractivity contribution in [3.05, 3.63) is 65.4 Å². The van der Waals surface area contributed by atoms with E-state index in [1.54, 1.807) is 19.2 Å². The van der Waals surface area contributed by atoms with E-state index in [-0.39, 0.29) is 42.3 Å². The third-order valence-corrected chi connectivity index (χ3v) is 7.66. The van der Waals surface area contributed by atoms with Gasteiger partial charge in [-0.1, -0.05) is 6.92 Å². The van der Waals surface area contributed by atoms with Crippen LogP contribution in [-0.2, 0) is 16.0 Å². The second-order valence-corrected chi connectivity index (χ2v) is 10.9. The molecule has 0 bridgehead atoms. The van der Waals surface area contributed by atoms with Crippen LogP contribution >= 0.6 is 0 Å². The van der Waals surface area contributed by atoms with Crippen LogP contribution in [0.4, 0.5) is 22.1 Å². The molecule has 42 heavy (non-hydrogen) atoms. The van der Waals surface area contributed by atoms with Crippen LogP contribution in [0.25, 0.3) is 5.65 Å². The van der Waals surface area contributed by atoms with E-state index in [4.69, 9.17) is 4.98 Å². The van der Waals surface area contributed by atoms with Gasteiger partial charge < -0.3 is 15.0 Å². The van der Waals surface area contributed by atoms with Crippen molar-refractivity contribution in [3.8, 4) is 0 Å². The van der Waals surface area contributed by atoms with Gasteiger partial charge in [0.1, 0.15) is 29.8 Å². The van der Waals surface area contributed by atoms with Gasteiger partial charge in [-0.05, 0) is 51.3 Å². The lowest BCUT2D eigenvalue weighted by Gasteiger charge is -2.17. The maximum atomic E-state index is 13.0. The van der Waals surface area contributed by atoms with Gasteiger partial charge in [-0.3, -0.25) is 19.4 Å². The quantitative estimate of drug-likeness (QED) is 0.305. The van der Waals surface area contributed by atoms with Gasteiger partial charge in [0.2, 0.25) is 11.8 Å². The van der Waals surface area contributed by atoms with E-state index < -0.39 is 0 Å². The zero-order chi connectivity index (χ0) is 29.7. The molecule has 13 heteroatoms.